The molecule has 1 atom stereocenters. The lowest BCUT2D eigenvalue weighted by Crippen LogP contribution is -2.36. The van der Waals surface area contributed by atoms with Crippen LogP contribution >= 0.6 is 0 Å². The van der Waals surface area contributed by atoms with Crippen LogP contribution in [0.1, 0.15) is 26.3 Å². The van der Waals surface area contributed by atoms with Crippen molar-refractivity contribution in [1.29, 1.82) is 0 Å². The maximum atomic E-state index is 5.73. The molecule has 0 aliphatic rings. The summed E-state index contributed by atoms with van der Waals surface area (Å²) in [5.74, 6) is 0. The third-order valence-corrected chi connectivity index (χ3v) is 2.62. The van der Waals surface area contributed by atoms with Crippen LogP contribution in [0.3, 0.4) is 0 Å². The Labute approximate surface area is 98.2 Å². The second-order valence-corrected chi connectivity index (χ2v) is 5.20. The van der Waals surface area contributed by atoms with Crippen molar-refractivity contribution >= 4 is 5.69 Å². The highest BCUT2D eigenvalue weighted by atomic mass is 14.9. The van der Waals surface area contributed by atoms with Crippen LogP contribution in [0.4, 0.5) is 5.69 Å². The van der Waals surface area contributed by atoms with E-state index in [4.69, 9.17) is 11.5 Å². The van der Waals surface area contributed by atoms with Crippen LogP contribution in [0.2, 0.25) is 0 Å². The molecule has 0 saturated heterocycles. The Morgan fingerprint density at radius 3 is 2.19 bits per heavy atom. The van der Waals surface area contributed by atoms with Crippen molar-refractivity contribution in [3.8, 4) is 0 Å². The van der Waals surface area contributed by atoms with Gasteiger partial charge in [0.15, 0.2) is 0 Å². The van der Waals surface area contributed by atoms with Crippen molar-refractivity contribution in [1.82, 2.24) is 0 Å². The van der Waals surface area contributed by atoms with Crippen LogP contribution in [0.25, 0.3) is 0 Å². The van der Waals surface area contributed by atoms with Crippen LogP contribution < -0.4 is 16.8 Å². The first-order valence-electron chi connectivity index (χ1n) is 5.73. The Morgan fingerprint density at radius 1 is 1.19 bits per heavy atom. The Bertz CT molecular complexity index is 311. The number of hydrogen-bond donors (Lipinski definition) is 3. The summed E-state index contributed by atoms with van der Waals surface area (Å²) in [5, 5.41) is 3.27. The predicted molar refractivity (Wildman–Crippen MR) is 70.7 cm³/mol. The van der Waals surface area contributed by atoms with Gasteiger partial charge in [0.05, 0.1) is 0 Å². The summed E-state index contributed by atoms with van der Waals surface area (Å²) in [4.78, 5) is 0. The monoisotopic (exact) mass is 221 g/mol. The molecule has 0 aromatic heterocycles. The summed E-state index contributed by atoms with van der Waals surface area (Å²) in [6.07, 6.45) is 0. The molecule has 0 aliphatic heterocycles. The molecule has 0 spiro atoms. The number of benzene rings is 1. The van der Waals surface area contributed by atoms with E-state index in [1.807, 2.05) is 0 Å². The van der Waals surface area contributed by atoms with Crippen molar-refractivity contribution in [2.75, 3.05) is 18.4 Å². The zero-order valence-corrected chi connectivity index (χ0v) is 10.5. The fraction of sp³-hybridized carbons (Fsp3) is 0.538. The molecule has 0 saturated carbocycles. The smallest absolute Gasteiger partial charge is 0.0340 e. The van der Waals surface area contributed by atoms with Gasteiger partial charge in [0.25, 0.3) is 0 Å². The molecule has 1 aromatic carbocycles. The number of nitrogens with two attached hydrogens (primary N) is 2. The lowest BCUT2D eigenvalue weighted by molar-refractivity contribution is 0.590. The number of nitrogens with one attached hydrogen (secondary N) is 1. The Balaban J connectivity index is 2.58. The largest absolute Gasteiger partial charge is 0.383 e. The van der Waals surface area contributed by atoms with Gasteiger partial charge in [-0.25, -0.2) is 0 Å². The van der Waals surface area contributed by atoms with Gasteiger partial charge in [-0.3, -0.25) is 0 Å². The first kappa shape index (κ1) is 13.0. The summed E-state index contributed by atoms with van der Waals surface area (Å²) in [7, 11) is 0. The summed E-state index contributed by atoms with van der Waals surface area (Å²) in [6, 6.07) is 8.49. The minimum absolute atomic E-state index is 0.0160. The molecular weight excluding hydrogens is 198 g/mol. The minimum atomic E-state index is 0.0160. The van der Waals surface area contributed by atoms with E-state index in [-0.39, 0.29) is 11.5 Å². The van der Waals surface area contributed by atoms with E-state index < -0.39 is 0 Å². The lowest BCUT2D eigenvalue weighted by Gasteiger charge is -2.19. The molecule has 0 heterocycles. The molecule has 1 rings (SSSR count). The Hall–Kier alpha value is -1.06. The first-order valence-corrected chi connectivity index (χ1v) is 5.73. The van der Waals surface area contributed by atoms with Crippen molar-refractivity contribution in [3.63, 3.8) is 0 Å². The standard InChI is InChI=1S/C13H23N3/c1-13(2,3)10-4-6-12(7-5-10)16-9-11(15)8-14/h4-7,11,16H,8-9,14-15H2,1-3H3. The molecule has 0 bridgehead atoms. The van der Waals surface area contributed by atoms with Crippen LogP contribution in [0, 0.1) is 0 Å². The molecule has 0 radical (unpaired) electrons. The molecule has 3 nitrogen and oxygen atoms in total. The Kier molecular flexibility index (Phi) is 4.33. The van der Waals surface area contributed by atoms with Gasteiger partial charge in [0.2, 0.25) is 0 Å². The van der Waals surface area contributed by atoms with Crippen molar-refractivity contribution < 1.29 is 0 Å². The normalized spacial score (nSPS) is 13.6. The number of hydrogen-bond acceptors (Lipinski definition) is 3. The molecule has 1 unspecified atom stereocenters. The molecule has 16 heavy (non-hydrogen) atoms. The maximum absolute atomic E-state index is 5.73. The molecule has 1 aromatic rings. The zero-order chi connectivity index (χ0) is 12.2. The van der Waals surface area contributed by atoms with Gasteiger partial charge in [-0.05, 0) is 23.1 Å². The van der Waals surface area contributed by atoms with Crippen molar-refractivity contribution in [2.45, 2.75) is 32.2 Å². The highest BCUT2D eigenvalue weighted by molar-refractivity contribution is 5.45. The SMILES string of the molecule is CC(C)(C)c1ccc(NCC(N)CN)cc1. The van der Waals surface area contributed by atoms with Gasteiger partial charge in [-0.2, -0.15) is 0 Å². The van der Waals surface area contributed by atoms with Crippen molar-refractivity contribution in [2.24, 2.45) is 11.5 Å². The van der Waals surface area contributed by atoms with Gasteiger partial charge in [0, 0.05) is 24.8 Å². The molecule has 0 aliphatic carbocycles. The first-order chi connectivity index (χ1) is 7.43. The van der Waals surface area contributed by atoms with Crippen LogP contribution in [0.15, 0.2) is 24.3 Å². The average Bonchev–Trinajstić information content (AvgIpc) is 2.25. The van der Waals surface area contributed by atoms with Gasteiger partial charge in [-0.1, -0.05) is 32.9 Å². The summed E-state index contributed by atoms with van der Waals surface area (Å²) < 4.78 is 0. The molecule has 0 fully saturated rings. The van der Waals surface area contributed by atoms with Gasteiger partial charge in [-0.15, -0.1) is 0 Å². The lowest BCUT2D eigenvalue weighted by atomic mass is 9.87. The van der Waals surface area contributed by atoms with Crippen LogP contribution in [0.5, 0.6) is 0 Å². The summed E-state index contributed by atoms with van der Waals surface area (Å²) >= 11 is 0. The third-order valence-electron chi connectivity index (χ3n) is 2.62. The molecule has 5 N–H and O–H groups in total. The fourth-order valence-electron chi connectivity index (χ4n) is 1.42. The van der Waals surface area contributed by atoms with Crippen LogP contribution in [-0.2, 0) is 5.41 Å². The second kappa shape index (κ2) is 5.32. The van der Waals surface area contributed by atoms with Gasteiger partial charge >= 0.3 is 0 Å². The van der Waals surface area contributed by atoms with E-state index in [0.717, 1.165) is 5.69 Å². The van der Waals surface area contributed by atoms with Crippen molar-refractivity contribution in [3.05, 3.63) is 29.8 Å². The third kappa shape index (κ3) is 3.83. The number of rotatable bonds is 4. The predicted octanol–water partition coefficient (Wildman–Crippen LogP) is 1.68. The van der Waals surface area contributed by atoms with E-state index >= 15 is 0 Å². The highest BCUT2D eigenvalue weighted by Gasteiger charge is 2.12. The van der Waals surface area contributed by atoms with Gasteiger partial charge in [0.1, 0.15) is 0 Å². The quantitative estimate of drug-likeness (QED) is 0.725. The Morgan fingerprint density at radius 2 is 1.75 bits per heavy atom. The van der Waals surface area contributed by atoms with E-state index in [1.165, 1.54) is 5.56 Å². The molecule has 0 amide bonds. The summed E-state index contributed by atoms with van der Waals surface area (Å²) in [6.45, 7) is 7.84. The topological polar surface area (TPSA) is 64.1 Å². The van der Waals surface area contributed by atoms with E-state index in [2.05, 4.69) is 50.4 Å². The summed E-state index contributed by atoms with van der Waals surface area (Å²) in [5.41, 5.74) is 13.8. The molecule has 90 valence electrons. The van der Waals surface area contributed by atoms with E-state index in [9.17, 15) is 0 Å². The maximum Gasteiger partial charge on any atom is 0.0340 e. The highest BCUT2D eigenvalue weighted by Crippen LogP contribution is 2.23. The molecular formula is C13H23N3. The molecule has 3 heteroatoms. The minimum Gasteiger partial charge on any atom is -0.383 e. The second-order valence-electron chi connectivity index (χ2n) is 5.20. The van der Waals surface area contributed by atoms with E-state index in [0.29, 0.717) is 13.1 Å². The average molecular weight is 221 g/mol. The van der Waals surface area contributed by atoms with Gasteiger partial charge < -0.3 is 16.8 Å². The fourth-order valence-corrected chi connectivity index (χ4v) is 1.42. The van der Waals surface area contributed by atoms with E-state index in [1.54, 1.807) is 0 Å². The number of anilines is 1. The van der Waals surface area contributed by atoms with Crippen LogP contribution in [-0.4, -0.2) is 19.1 Å². The zero-order valence-electron chi connectivity index (χ0n) is 10.5.